The largest absolute Gasteiger partial charge is 0.460 e. The number of ether oxygens (including phenoxy) is 1. The zero-order valence-corrected chi connectivity index (χ0v) is 18.2. The summed E-state index contributed by atoms with van der Waals surface area (Å²) >= 11 is 0. The molecule has 0 aromatic heterocycles. The molecule has 2 aromatic carbocycles. The maximum absolute atomic E-state index is 12.0. The van der Waals surface area contributed by atoms with Gasteiger partial charge >= 0.3 is 5.97 Å². The number of hydrogen-bond donors (Lipinski definition) is 0. The van der Waals surface area contributed by atoms with Gasteiger partial charge in [0.25, 0.3) is 22.7 Å². The quantitative estimate of drug-likeness (QED) is 0.253. The molecule has 182 valence electrons. The van der Waals surface area contributed by atoms with E-state index in [4.69, 9.17) is 9.57 Å². The van der Waals surface area contributed by atoms with E-state index < -0.39 is 77.5 Å². The van der Waals surface area contributed by atoms with Gasteiger partial charge in [0.15, 0.2) is 0 Å². The number of fused-ring (bicyclic) bond motifs is 3. The number of nitro groups is 4. The number of carbonyl (C=O) groups excluding carboxylic acids is 1. The Kier molecular flexibility index (Phi) is 6.39. The Bertz CT molecular complexity index is 1250. The summed E-state index contributed by atoms with van der Waals surface area (Å²) in [5.41, 5.74) is -5.02. The highest BCUT2D eigenvalue weighted by molar-refractivity contribution is 6.27. The lowest BCUT2D eigenvalue weighted by Gasteiger charge is -2.12. The van der Waals surface area contributed by atoms with Crippen LogP contribution in [0.1, 0.15) is 31.9 Å². The third-order valence-corrected chi connectivity index (χ3v) is 4.77. The second-order valence-corrected chi connectivity index (χ2v) is 7.48. The van der Waals surface area contributed by atoms with Crippen molar-refractivity contribution in [2.45, 2.75) is 33.0 Å². The highest BCUT2D eigenvalue weighted by Gasteiger charge is 2.41. The molecule has 0 saturated carbocycles. The van der Waals surface area contributed by atoms with Crippen LogP contribution in [0.15, 0.2) is 29.4 Å². The van der Waals surface area contributed by atoms with Gasteiger partial charge in [-0.2, -0.15) is 0 Å². The second-order valence-electron chi connectivity index (χ2n) is 7.48. The fraction of sp³-hybridized carbons (Fsp3) is 0.263. The molecule has 1 aliphatic carbocycles. The number of rotatable bonds is 8. The van der Waals surface area contributed by atoms with Crippen LogP contribution in [0.4, 0.5) is 22.7 Å². The van der Waals surface area contributed by atoms with Gasteiger partial charge in [-0.25, -0.2) is 4.79 Å². The standard InChI is InChI=1S/C19H15N5O11/c1-8(2)34-19(25)9(3)35-20-18-12-4-10(21(26)27)6-14(23(30)31)16(12)17-13(18)5-11(22(28)29)7-15(17)24(32)33/h4-9H,1-3H3/t9-/m1/s1. The molecule has 0 spiro atoms. The lowest BCUT2D eigenvalue weighted by atomic mass is 10.0. The SMILES string of the molecule is CC(C)OC(=O)[C@@H](C)ON=C1c2cc([N+](=O)[O-])cc([N+](=O)[O-])c2-c2c1cc([N+](=O)[O-])cc2[N+](=O)[O-]. The van der Waals surface area contributed by atoms with Crippen molar-refractivity contribution in [3.05, 3.63) is 75.8 Å². The summed E-state index contributed by atoms with van der Waals surface area (Å²) in [5.74, 6) is -0.835. The normalized spacial score (nSPS) is 12.4. The van der Waals surface area contributed by atoms with Gasteiger partial charge in [0.1, 0.15) is 5.71 Å². The van der Waals surface area contributed by atoms with Crippen LogP contribution in [0.3, 0.4) is 0 Å². The van der Waals surface area contributed by atoms with Crippen molar-refractivity contribution in [2.24, 2.45) is 5.16 Å². The van der Waals surface area contributed by atoms with E-state index in [1.807, 2.05) is 0 Å². The van der Waals surface area contributed by atoms with E-state index in [1.54, 1.807) is 13.8 Å². The molecule has 0 bridgehead atoms. The van der Waals surface area contributed by atoms with Crippen molar-refractivity contribution in [2.75, 3.05) is 0 Å². The minimum atomic E-state index is -1.32. The Morgan fingerprint density at radius 3 is 1.54 bits per heavy atom. The van der Waals surface area contributed by atoms with Crippen molar-refractivity contribution in [1.82, 2.24) is 0 Å². The first-order valence-electron chi connectivity index (χ1n) is 9.72. The third kappa shape index (κ3) is 4.56. The first kappa shape index (κ1) is 24.6. The fourth-order valence-electron chi connectivity index (χ4n) is 3.37. The predicted molar refractivity (Wildman–Crippen MR) is 116 cm³/mol. The van der Waals surface area contributed by atoms with E-state index >= 15 is 0 Å². The van der Waals surface area contributed by atoms with E-state index in [0.717, 1.165) is 12.1 Å². The van der Waals surface area contributed by atoms with Crippen LogP contribution in [0, 0.1) is 40.5 Å². The van der Waals surface area contributed by atoms with E-state index in [2.05, 4.69) is 5.16 Å². The van der Waals surface area contributed by atoms with Crippen molar-refractivity contribution in [3.8, 4) is 11.1 Å². The summed E-state index contributed by atoms with van der Waals surface area (Å²) in [6.07, 6.45) is -1.82. The molecule has 0 unspecified atom stereocenters. The van der Waals surface area contributed by atoms with Crippen LogP contribution < -0.4 is 0 Å². The van der Waals surface area contributed by atoms with Crippen LogP contribution >= 0.6 is 0 Å². The molecule has 0 N–H and O–H groups in total. The Labute approximate surface area is 194 Å². The van der Waals surface area contributed by atoms with Crippen LogP contribution in [-0.2, 0) is 14.4 Å². The topological polar surface area (TPSA) is 220 Å². The molecule has 2 aromatic rings. The van der Waals surface area contributed by atoms with Gasteiger partial charge in [0, 0.05) is 23.3 Å². The maximum atomic E-state index is 12.0. The summed E-state index contributed by atoms with van der Waals surface area (Å²) < 4.78 is 4.98. The molecule has 0 amide bonds. The van der Waals surface area contributed by atoms with Crippen LogP contribution in [0.25, 0.3) is 11.1 Å². The molecule has 16 heteroatoms. The highest BCUT2D eigenvalue weighted by Crippen LogP contribution is 2.50. The minimum Gasteiger partial charge on any atom is -0.460 e. The van der Waals surface area contributed by atoms with Crippen molar-refractivity contribution in [1.29, 1.82) is 0 Å². The van der Waals surface area contributed by atoms with Gasteiger partial charge in [-0.05, 0) is 20.8 Å². The lowest BCUT2D eigenvalue weighted by Crippen LogP contribution is -2.25. The number of benzene rings is 2. The van der Waals surface area contributed by atoms with Crippen molar-refractivity contribution >= 4 is 34.4 Å². The predicted octanol–water partition coefficient (Wildman–Crippen LogP) is 3.41. The molecule has 0 fully saturated rings. The number of carbonyl (C=O) groups is 1. The molecular formula is C19H15N5O11. The van der Waals surface area contributed by atoms with Crippen molar-refractivity contribution in [3.63, 3.8) is 0 Å². The average Bonchev–Trinajstić information content (AvgIpc) is 3.08. The number of non-ortho nitro benzene ring substituents is 2. The van der Waals surface area contributed by atoms with Gasteiger partial charge in [0.2, 0.25) is 6.10 Å². The molecular weight excluding hydrogens is 474 g/mol. The summed E-state index contributed by atoms with van der Waals surface area (Å²) in [6, 6.07) is 2.97. The zero-order valence-electron chi connectivity index (χ0n) is 18.2. The monoisotopic (exact) mass is 489 g/mol. The number of esters is 1. The first-order valence-corrected chi connectivity index (χ1v) is 9.72. The first-order chi connectivity index (χ1) is 16.3. The van der Waals surface area contributed by atoms with E-state index in [1.165, 1.54) is 6.92 Å². The Morgan fingerprint density at radius 2 is 1.20 bits per heavy atom. The molecule has 0 aliphatic heterocycles. The van der Waals surface area contributed by atoms with Gasteiger partial charge in [-0.15, -0.1) is 0 Å². The molecule has 16 nitrogen and oxygen atoms in total. The molecule has 35 heavy (non-hydrogen) atoms. The van der Waals surface area contributed by atoms with Gasteiger partial charge in [-0.3, -0.25) is 40.5 Å². The smallest absolute Gasteiger partial charge is 0.350 e. The van der Waals surface area contributed by atoms with Crippen molar-refractivity contribution < 1.29 is 34.1 Å². The Balaban J connectivity index is 2.35. The highest BCUT2D eigenvalue weighted by atomic mass is 16.7. The van der Waals surface area contributed by atoms with Gasteiger partial charge in [-0.1, -0.05) is 5.16 Å². The molecule has 3 rings (SSSR count). The number of hydrogen-bond acceptors (Lipinski definition) is 12. The summed E-state index contributed by atoms with van der Waals surface area (Å²) in [6.45, 7) is 4.42. The Morgan fingerprint density at radius 1 is 0.771 bits per heavy atom. The maximum Gasteiger partial charge on any atom is 0.350 e. The summed E-state index contributed by atoms with van der Waals surface area (Å²) in [4.78, 5) is 59.6. The van der Waals surface area contributed by atoms with Crippen LogP contribution in [0.5, 0.6) is 0 Å². The van der Waals surface area contributed by atoms with Crippen LogP contribution in [-0.4, -0.2) is 43.6 Å². The summed E-state index contributed by atoms with van der Waals surface area (Å²) in [5, 5.41) is 50.0. The van der Waals surface area contributed by atoms with E-state index in [9.17, 15) is 45.3 Å². The second kappa shape index (κ2) is 9.08. The molecule has 0 saturated heterocycles. The number of nitrogens with zero attached hydrogens (tertiary/aromatic N) is 5. The molecule has 1 atom stereocenters. The summed E-state index contributed by atoms with van der Waals surface area (Å²) in [7, 11) is 0. The zero-order chi connectivity index (χ0) is 26.2. The van der Waals surface area contributed by atoms with Gasteiger partial charge in [0.05, 0.1) is 49.1 Å². The molecule has 0 radical (unpaired) electrons. The minimum absolute atomic E-state index is 0.311. The van der Waals surface area contributed by atoms with Gasteiger partial charge < -0.3 is 9.57 Å². The lowest BCUT2D eigenvalue weighted by molar-refractivity contribution is -0.395. The average molecular weight is 489 g/mol. The van der Waals surface area contributed by atoms with E-state index in [-0.39, 0.29) is 11.1 Å². The van der Waals surface area contributed by atoms with Crippen LogP contribution in [0.2, 0.25) is 0 Å². The number of nitro benzene ring substituents is 4. The Hall–Kier alpha value is -5.02. The number of oxime groups is 1. The molecule has 1 aliphatic rings. The molecule has 0 heterocycles. The fourth-order valence-corrected chi connectivity index (χ4v) is 3.37. The van der Waals surface area contributed by atoms with E-state index in [0.29, 0.717) is 12.1 Å². The third-order valence-electron chi connectivity index (χ3n) is 4.77.